The van der Waals surface area contributed by atoms with Gasteiger partial charge in [0, 0.05) is 44.4 Å². The van der Waals surface area contributed by atoms with Crippen LogP contribution in [-0.4, -0.2) is 44.2 Å². The van der Waals surface area contributed by atoms with Crippen molar-refractivity contribution >= 4 is 17.5 Å². The molecule has 3 aromatic rings. The number of nitrogens with zero attached hydrogens (tertiary/aromatic N) is 4. The second kappa shape index (κ2) is 7.72. The molecule has 1 aromatic carbocycles. The van der Waals surface area contributed by atoms with E-state index in [9.17, 15) is 9.59 Å². The molecule has 0 bridgehead atoms. The Bertz CT molecular complexity index is 976. The van der Waals surface area contributed by atoms with Crippen LogP contribution in [0.2, 0.25) is 0 Å². The summed E-state index contributed by atoms with van der Waals surface area (Å²) in [7, 11) is 1.86. The highest BCUT2D eigenvalue weighted by Crippen LogP contribution is 2.21. The molecular formula is C21H23N5O2. The summed E-state index contributed by atoms with van der Waals surface area (Å²) in [5.41, 5.74) is 2.25. The minimum absolute atomic E-state index is 0.0225. The Morgan fingerprint density at radius 2 is 2.04 bits per heavy atom. The number of anilines is 1. The van der Waals surface area contributed by atoms with Gasteiger partial charge in [-0.2, -0.15) is 5.10 Å². The van der Waals surface area contributed by atoms with Gasteiger partial charge >= 0.3 is 0 Å². The van der Waals surface area contributed by atoms with Gasteiger partial charge in [0.1, 0.15) is 5.69 Å². The van der Waals surface area contributed by atoms with Gasteiger partial charge in [-0.25, -0.2) is 4.68 Å². The maximum atomic E-state index is 12.8. The van der Waals surface area contributed by atoms with Crippen LogP contribution >= 0.6 is 0 Å². The van der Waals surface area contributed by atoms with Crippen molar-refractivity contribution < 1.29 is 9.59 Å². The molecule has 144 valence electrons. The van der Waals surface area contributed by atoms with E-state index in [-0.39, 0.29) is 17.7 Å². The molecule has 1 unspecified atom stereocenters. The van der Waals surface area contributed by atoms with E-state index in [1.807, 2.05) is 66.5 Å². The van der Waals surface area contributed by atoms with Gasteiger partial charge in [0.05, 0.1) is 11.6 Å². The minimum atomic E-state index is -0.216. The van der Waals surface area contributed by atoms with Crippen LogP contribution in [0.15, 0.2) is 61.1 Å². The molecule has 1 atom stereocenters. The number of amides is 2. The first-order chi connectivity index (χ1) is 13.6. The monoisotopic (exact) mass is 377 g/mol. The third-order valence-electron chi connectivity index (χ3n) is 5.12. The number of carbonyl (C=O) groups excluding carboxylic acids is 2. The summed E-state index contributed by atoms with van der Waals surface area (Å²) < 4.78 is 3.56. The summed E-state index contributed by atoms with van der Waals surface area (Å²) in [6.07, 6.45) is 7.03. The lowest BCUT2D eigenvalue weighted by Gasteiger charge is -2.32. The van der Waals surface area contributed by atoms with Crippen molar-refractivity contribution in [3.05, 3.63) is 66.7 Å². The first kappa shape index (κ1) is 18.0. The minimum Gasteiger partial charge on any atom is -0.347 e. The second-order valence-electron chi connectivity index (χ2n) is 7.08. The molecule has 3 heterocycles. The van der Waals surface area contributed by atoms with Gasteiger partial charge in [0.15, 0.2) is 0 Å². The molecule has 7 nitrogen and oxygen atoms in total. The van der Waals surface area contributed by atoms with Gasteiger partial charge in [-0.05, 0) is 49.2 Å². The molecule has 0 saturated carbocycles. The largest absolute Gasteiger partial charge is 0.347 e. The van der Waals surface area contributed by atoms with Crippen LogP contribution in [-0.2, 0) is 11.8 Å². The zero-order valence-corrected chi connectivity index (χ0v) is 15.8. The predicted molar refractivity (Wildman–Crippen MR) is 106 cm³/mol. The number of likely N-dealkylation sites (tertiary alicyclic amines) is 1. The summed E-state index contributed by atoms with van der Waals surface area (Å²) in [5.74, 6) is -0.293. The molecule has 0 aliphatic carbocycles. The molecule has 1 N–H and O–H groups in total. The van der Waals surface area contributed by atoms with E-state index < -0.39 is 0 Å². The maximum Gasteiger partial charge on any atom is 0.270 e. The lowest BCUT2D eigenvalue weighted by atomic mass is 9.96. The average molecular weight is 377 g/mol. The normalized spacial score (nSPS) is 16.8. The van der Waals surface area contributed by atoms with Crippen LogP contribution in [0, 0.1) is 5.92 Å². The summed E-state index contributed by atoms with van der Waals surface area (Å²) in [4.78, 5) is 27.3. The van der Waals surface area contributed by atoms with E-state index in [1.54, 1.807) is 15.8 Å². The van der Waals surface area contributed by atoms with Gasteiger partial charge in [0.2, 0.25) is 5.91 Å². The van der Waals surface area contributed by atoms with Crippen molar-refractivity contribution in [1.82, 2.24) is 19.2 Å². The fourth-order valence-electron chi connectivity index (χ4n) is 3.61. The summed E-state index contributed by atoms with van der Waals surface area (Å²) >= 11 is 0. The van der Waals surface area contributed by atoms with Gasteiger partial charge < -0.3 is 14.8 Å². The molecule has 1 aliphatic heterocycles. The fourth-order valence-corrected chi connectivity index (χ4v) is 3.61. The zero-order valence-electron chi connectivity index (χ0n) is 15.8. The van der Waals surface area contributed by atoms with E-state index in [0.29, 0.717) is 18.8 Å². The lowest BCUT2D eigenvalue weighted by Crippen LogP contribution is -2.44. The van der Waals surface area contributed by atoms with Gasteiger partial charge in [-0.3, -0.25) is 9.59 Å². The molecule has 1 fully saturated rings. The molecule has 28 heavy (non-hydrogen) atoms. The smallest absolute Gasteiger partial charge is 0.270 e. The maximum absolute atomic E-state index is 12.8. The molecule has 2 aromatic heterocycles. The van der Waals surface area contributed by atoms with Crippen molar-refractivity contribution in [2.45, 2.75) is 12.8 Å². The standard InChI is InChI=1S/C21H23N5O2/c1-24-11-4-9-19(24)21(28)25-12-3-6-16(15-25)20(27)23-17-7-2-8-18(14-17)26-13-5-10-22-26/h2,4-5,7-11,13-14,16H,3,6,12,15H2,1H3,(H,23,27). The number of hydrogen-bond acceptors (Lipinski definition) is 3. The number of aromatic nitrogens is 3. The van der Waals surface area contributed by atoms with Crippen molar-refractivity contribution in [3.63, 3.8) is 0 Å². The summed E-state index contributed by atoms with van der Waals surface area (Å²) in [6, 6.07) is 13.1. The highest BCUT2D eigenvalue weighted by atomic mass is 16.2. The Balaban J connectivity index is 1.43. The van der Waals surface area contributed by atoms with Crippen LogP contribution in [0.5, 0.6) is 0 Å². The van der Waals surface area contributed by atoms with Gasteiger partial charge in [-0.1, -0.05) is 6.07 Å². The number of benzene rings is 1. The van der Waals surface area contributed by atoms with Gasteiger partial charge in [-0.15, -0.1) is 0 Å². The average Bonchev–Trinajstić information content (AvgIpc) is 3.39. The fraction of sp³-hybridized carbons (Fsp3) is 0.286. The number of hydrogen-bond donors (Lipinski definition) is 1. The molecule has 1 saturated heterocycles. The van der Waals surface area contributed by atoms with E-state index in [1.165, 1.54) is 0 Å². The lowest BCUT2D eigenvalue weighted by molar-refractivity contribution is -0.121. The van der Waals surface area contributed by atoms with Crippen LogP contribution in [0.3, 0.4) is 0 Å². The topological polar surface area (TPSA) is 72.2 Å². The number of piperidine rings is 1. The zero-order chi connectivity index (χ0) is 19.5. The second-order valence-corrected chi connectivity index (χ2v) is 7.08. The predicted octanol–water partition coefficient (Wildman–Crippen LogP) is 2.70. The highest BCUT2D eigenvalue weighted by Gasteiger charge is 2.29. The first-order valence-electron chi connectivity index (χ1n) is 9.43. The van der Waals surface area contributed by atoms with Crippen molar-refractivity contribution in [1.29, 1.82) is 0 Å². The van der Waals surface area contributed by atoms with Crippen LogP contribution in [0.1, 0.15) is 23.3 Å². The SMILES string of the molecule is Cn1cccc1C(=O)N1CCCC(C(=O)Nc2cccc(-n3cccn3)c2)C1. The molecule has 7 heteroatoms. The summed E-state index contributed by atoms with van der Waals surface area (Å²) in [5, 5.41) is 7.21. The van der Waals surface area contributed by atoms with Crippen molar-refractivity contribution in [2.24, 2.45) is 13.0 Å². The molecule has 1 aliphatic rings. The Morgan fingerprint density at radius 1 is 1.14 bits per heavy atom. The van der Waals surface area contributed by atoms with Crippen molar-refractivity contribution in [3.8, 4) is 5.69 Å². The Morgan fingerprint density at radius 3 is 2.79 bits per heavy atom. The first-order valence-corrected chi connectivity index (χ1v) is 9.43. The van der Waals surface area contributed by atoms with E-state index in [4.69, 9.17) is 0 Å². The third-order valence-corrected chi connectivity index (χ3v) is 5.12. The summed E-state index contributed by atoms with van der Waals surface area (Å²) in [6.45, 7) is 1.12. The Labute approximate surface area is 163 Å². The highest BCUT2D eigenvalue weighted by molar-refractivity contribution is 5.95. The number of rotatable bonds is 4. The third kappa shape index (κ3) is 3.69. The van der Waals surface area contributed by atoms with Crippen LogP contribution < -0.4 is 5.32 Å². The Kier molecular flexibility index (Phi) is 4.97. The molecule has 2 amide bonds. The molecular weight excluding hydrogens is 354 g/mol. The Hall–Kier alpha value is -3.35. The van der Waals surface area contributed by atoms with E-state index >= 15 is 0 Å². The van der Waals surface area contributed by atoms with E-state index in [2.05, 4.69) is 10.4 Å². The van der Waals surface area contributed by atoms with E-state index in [0.717, 1.165) is 24.2 Å². The molecule has 0 radical (unpaired) electrons. The van der Waals surface area contributed by atoms with Gasteiger partial charge in [0.25, 0.3) is 5.91 Å². The number of nitrogens with one attached hydrogen (secondary N) is 1. The number of carbonyl (C=O) groups is 2. The number of aryl methyl sites for hydroxylation is 1. The molecule has 4 rings (SSSR count). The quantitative estimate of drug-likeness (QED) is 0.760. The van der Waals surface area contributed by atoms with Crippen LogP contribution in [0.4, 0.5) is 5.69 Å². The molecule has 0 spiro atoms. The van der Waals surface area contributed by atoms with Crippen LogP contribution in [0.25, 0.3) is 5.69 Å². The van der Waals surface area contributed by atoms with Crippen molar-refractivity contribution in [2.75, 3.05) is 18.4 Å².